The molecule has 0 radical (unpaired) electrons. The number of nitrogens with zero attached hydrogens (tertiary/aromatic N) is 1. The monoisotopic (exact) mass is 351 g/mol. The number of benzene rings is 1. The number of nitrogens with two attached hydrogens (primary N) is 2. The molecule has 0 aliphatic rings. The lowest BCUT2D eigenvalue weighted by Gasteiger charge is -2.11. The quantitative estimate of drug-likeness (QED) is 0.733. The number of pyridine rings is 1. The Labute approximate surface area is 138 Å². The molecule has 1 aromatic carbocycles. The summed E-state index contributed by atoms with van der Waals surface area (Å²) in [6.45, 7) is 1.87. The fourth-order valence-corrected chi connectivity index (χ4v) is 3.38. The number of thiophene rings is 1. The van der Waals surface area contributed by atoms with Crippen molar-refractivity contribution >= 4 is 33.1 Å². The summed E-state index contributed by atoms with van der Waals surface area (Å²) in [4.78, 5) is 15.1. The van der Waals surface area contributed by atoms with Crippen LogP contribution < -0.4 is 11.5 Å². The second-order valence-corrected chi connectivity index (χ2v) is 6.31. The van der Waals surface area contributed by atoms with Gasteiger partial charge in [-0.15, -0.1) is 11.3 Å². The van der Waals surface area contributed by atoms with Gasteiger partial charge in [-0.1, -0.05) is 29.8 Å². The second-order valence-electron chi connectivity index (χ2n) is 5.31. The maximum Gasteiger partial charge on any atom is 0.433 e. The van der Waals surface area contributed by atoms with Crippen molar-refractivity contribution in [3.63, 3.8) is 0 Å². The Morgan fingerprint density at radius 1 is 1.21 bits per heavy atom. The van der Waals surface area contributed by atoms with Crippen LogP contribution in [-0.2, 0) is 6.18 Å². The van der Waals surface area contributed by atoms with E-state index in [1.807, 2.05) is 6.92 Å². The molecule has 1 amide bonds. The molecule has 2 heterocycles. The van der Waals surface area contributed by atoms with Gasteiger partial charge >= 0.3 is 6.18 Å². The Morgan fingerprint density at radius 2 is 1.83 bits per heavy atom. The van der Waals surface area contributed by atoms with E-state index in [9.17, 15) is 18.0 Å². The van der Waals surface area contributed by atoms with Crippen LogP contribution in [0, 0.1) is 6.92 Å². The van der Waals surface area contributed by atoms with Gasteiger partial charge in [0.1, 0.15) is 15.4 Å². The van der Waals surface area contributed by atoms with E-state index in [0.717, 1.165) is 23.0 Å². The minimum absolute atomic E-state index is 0.00480. The summed E-state index contributed by atoms with van der Waals surface area (Å²) in [5, 5.41) is 0.311. The van der Waals surface area contributed by atoms with Crippen molar-refractivity contribution in [1.29, 1.82) is 0 Å². The number of hydrogen-bond acceptors (Lipinski definition) is 4. The number of amides is 1. The second kappa shape index (κ2) is 5.48. The minimum Gasteiger partial charge on any atom is -0.397 e. The number of aryl methyl sites for hydroxylation is 1. The number of halogens is 3. The molecule has 0 unspecified atom stereocenters. The highest BCUT2D eigenvalue weighted by atomic mass is 32.1. The number of anilines is 1. The molecular formula is C16H12F3N3OS. The lowest BCUT2D eigenvalue weighted by molar-refractivity contribution is -0.140. The Bertz CT molecular complexity index is 946. The van der Waals surface area contributed by atoms with Crippen LogP contribution >= 0.6 is 11.3 Å². The molecule has 0 saturated heterocycles. The van der Waals surface area contributed by atoms with Crippen LogP contribution in [0.15, 0.2) is 30.3 Å². The van der Waals surface area contributed by atoms with Gasteiger partial charge in [0.15, 0.2) is 0 Å². The molecule has 8 heteroatoms. The Morgan fingerprint density at radius 3 is 2.38 bits per heavy atom. The van der Waals surface area contributed by atoms with Gasteiger partial charge in [-0.25, -0.2) is 4.98 Å². The number of rotatable bonds is 2. The third kappa shape index (κ3) is 2.69. The van der Waals surface area contributed by atoms with Crippen LogP contribution in [0.3, 0.4) is 0 Å². The van der Waals surface area contributed by atoms with E-state index in [4.69, 9.17) is 11.5 Å². The van der Waals surface area contributed by atoms with Crippen LogP contribution in [0.1, 0.15) is 20.9 Å². The molecule has 0 bridgehead atoms. The summed E-state index contributed by atoms with van der Waals surface area (Å²) >= 11 is 0.764. The van der Waals surface area contributed by atoms with Crippen molar-refractivity contribution in [2.24, 2.45) is 5.73 Å². The molecule has 4 nitrogen and oxygen atoms in total. The molecule has 3 aromatic rings. The zero-order valence-corrected chi connectivity index (χ0v) is 13.3. The largest absolute Gasteiger partial charge is 0.433 e. The summed E-state index contributed by atoms with van der Waals surface area (Å²) in [6.07, 6.45) is -4.61. The molecule has 2 aromatic heterocycles. The van der Waals surface area contributed by atoms with Crippen molar-refractivity contribution in [3.05, 3.63) is 46.5 Å². The van der Waals surface area contributed by atoms with Gasteiger partial charge in [-0.2, -0.15) is 13.2 Å². The predicted molar refractivity (Wildman–Crippen MR) is 87.7 cm³/mol. The Balaban J connectivity index is 2.39. The van der Waals surface area contributed by atoms with Crippen molar-refractivity contribution < 1.29 is 18.0 Å². The fourth-order valence-electron chi connectivity index (χ4n) is 2.41. The van der Waals surface area contributed by atoms with Crippen molar-refractivity contribution in [3.8, 4) is 11.1 Å². The zero-order valence-electron chi connectivity index (χ0n) is 12.4. The van der Waals surface area contributed by atoms with E-state index in [-0.39, 0.29) is 21.0 Å². The molecule has 3 rings (SSSR count). The Hall–Kier alpha value is -2.61. The SMILES string of the molecule is Cc1ccc(-c2cc(C(F)(F)F)nc3sc(C(N)=O)c(N)c23)cc1. The van der Waals surface area contributed by atoms with Crippen LogP contribution in [-0.4, -0.2) is 10.9 Å². The standard InChI is InChI=1S/C16H12F3N3OS/c1-7-2-4-8(5-3-7)9-6-10(16(17,18)19)22-15-11(9)12(20)13(24-15)14(21)23/h2-6H,20H2,1H3,(H2,21,23). The fraction of sp³-hybridized carbons (Fsp3) is 0.125. The van der Waals surface area contributed by atoms with E-state index < -0.39 is 17.8 Å². The van der Waals surface area contributed by atoms with E-state index in [0.29, 0.717) is 10.9 Å². The van der Waals surface area contributed by atoms with Crippen LogP contribution in [0.2, 0.25) is 0 Å². The molecule has 0 saturated carbocycles. The third-order valence-electron chi connectivity index (χ3n) is 3.58. The lowest BCUT2D eigenvalue weighted by Crippen LogP contribution is -2.10. The van der Waals surface area contributed by atoms with Gasteiger partial charge in [-0.3, -0.25) is 4.79 Å². The highest BCUT2D eigenvalue weighted by Gasteiger charge is 2.34. The number of aromatic nitrogens is 1. The molecular weight excluding hydrogens is 339 g/mol. The van der Waals surface area contributed by atoms with Crippen LogP contribution in [0.25, 0.3) is 21.3 Å². The number of carbonyl (C=O) groups is 1. The van der Waals surface area contributed by atoms with Crippen LogP contribution in [0.4, 0.5) is 18.9 Å². The number of fused-ring (bicyclic) bond motifs is 1. The number of primary amides is 1. The van der Waals surface area contributed by atoms with Gasteiger partial charge in [0.05, 0.1) is 5.69 Å². The average molecular weight is 351 g/mol. The summed E-state index contributed by atoms with van der Waals surface area (Å²) < 4.78 is 39.5. The van der Waals surface area contributed by atoms with E-state index >= 15 is 0 Å². The van der Waals surface area contributed by atoms with Crippen molar-refractivity contribution in [1.82, 2.24) is 4.98 Å². The highest BCUT2D eigenvalue weighted by Crippen LogP contribution is 2.42. The number of hydrogen-bond donors (Lipinski definition) is 2. The Kier molecular flexibility index (Phi) is 3.71. The molecule has 4 N–H and O–H groups in total. The number of nitrogen functional groups attached to an aromatic ring is 1. The van der Waals surface area contributed by atoms with Crippen molar-refractivity contribution in [2.45, 2.75) is 13.1 Å². The molecule has 0 spiro atoms. The molecule has 124 valence electrons. The van der Waals surface area contributed by atoms with Crippen molar-refractivity contribution in [2.75, 3.05) is 5.73 Å². The topological polar surface area (TPSA) is 82.0 Å². The molecule has 0 atom stereocenters. The van der Waals surface area contributed by atoms with Crippen LogP contribution in [0.5, 0.6) is 0 Å². The van der Waals surface area contributed by atoms with Gasteiger partial charge in [-0.05, 0) is 24.1 Å². The van der Waals surface area contributed by atoms with E-state index in [2.05, 4.69) is 4.98 Å². The first-order chi connectivity index (χ1) is 11.2. The smallest absolute Gasteiger partial charge is 0.397 e. The third-order valence-corrected chi connectivity index (χ3v) is 4.69. The molecule has 0 fully saturated rings. The zero-order chi connectivity index (χ0) is 17.6. The van der Waals surface area contributed by atoms with E-state index in [1.54, 1.807) is 24.3 Å². The minimum atomic E-state index is -4.61. The molecule has 24 heavy (non-hydrogen) atoms. The van der Waals surface area contributed by atoms with Gasteiger partial charge in [0.2, 0.25) is 0 Å². The summed E-state index contributed by atoms with van der Waals surface area (Å²) in [6, 6.07) is 7.91. The summed E-state index contributed by atoms with van der Waals surface area (Å²) in [7, 11) is 0. The first-order valence-corrected chi connectivity index (χ1v) is 7.67. The van der Waals surface area contributed by atoms with Gasteiger partial charge < -0.3 is 11.5 Å². The maximum absolute atomic E-state index is 13.2. The average Bonchev–Trinajstić information content (AvgIpc) is 2.84. The number of alkyl halides is 3. The summed E-state index contributed by atoms with van der Waals surface area (Å²) in [5.41, 5.74) is 12.0. The first kappa shape index (κ1) is 16.3. The van der Waals surface area contributed by atoms with Gasteiger partial charge in [0.25, 0.3) is 5.91 Å². The maximum atomic E-state index is 13.2. The predicted octanol–water partition coefficient (Wildman–Crippen LogP) is 3.97. The first-order valence-electron chi connectivity index (χ1n) is 6.85. The molecule has 0 aliphatic heterocycles. The summed E-state index contributed by atoms with van der Waals surface area (Å²) in [5.74, 6) is -0.793. The highest BCUT2D eigenvalue weighted by molar-refractivity contribution is 7.21. The van der Waals surface area contributed by atoms with Gasteiger partial charge in [0, 0.05) is 5.39 Å². The molecule has 0 aliphatic carbocycles. The lowest BCUT2D eigenvalue weighted by atomic mass is 10.0. The normalized spacial score (nSPS) is 11.8. The number of carbonyl (C=O) groups excluding carboxylic acids is 1. The van der Waals surface area contributed by atoms with E-state index in [1.165, 1.54) is 0 Å².